The van der Waals surface area contributed by atoms with Gasteiger partial charge in [-0.3, -0.25) is 9.78 Å². The van der Waals surface area contributed by atoms with Crippen molar-refractivity contribution in [2.45, 2.75) is 6.92 Å². The fourth-order valence-electron chi connectivity index (χ4n) is 2.44. The smallest absolute Gasteiger partial charge is 0.258 e. The summed E-state index contributed by atoms with van der Waals surface area (Å²) in [5, 5.41) is 1.57. The van der Waals surface area contributed by atoms with Crippen LogP contribution < -0.4 is 10.3 Å². The molecule has 112 valence electrons. The third-order valence-electron chi connectivity index (χ3n) is 3.49. The second-order valence-electron chi connectivity index (χ2n) is 5.00. The summed E-state index contributed by atoms with van der Waals surface area (Å²) >= 11 is 1.66. The van der Waals surface area contributed by atoms with E-state index in [0.717, 1.165) is 28.0 Å². The van der Waals surface area contributed by atoms with Crippen LogP contribution in [0.4, 0.5) is 5.69 Å². The van der Waals surface area contributed by atoms with Gasteiger partial charge in [0.15, 0.2) is 0 Å². The van der Waals surface area contributed by atoms with Crippen LogP contribution in [-0.2, 0) is 7.05 Å². The molecule has 0 atom stereocenters. The van der Waals surface area contributed by atoms with Gasteiger partial charge < -0.3 is 9.29 Å². The molecule has 0 aliphatic rings. The van der Waals surface area contributed by atoms with E-state index in [4.69, 9.17) is 0 Å². The zero-order valence-corrected chi connectivity index (χ0v) is 13.4. The first-order chi connectivity index (χ1) is 10.7. The number of fused-ring (bicyclic) bond motifs is 1. The van der Waals surface area contributed by atoms with E-state index in [1.807, 2.05) is 24.4 Å². The van der Waals surface area contributed by atoms with Crippen LogP contribution in [0.5, 0.6) is 0 Å². The molecule has 1 N–H and O–H groups in total. The third kappa shape index (κ3) is 2.72. The summed E-state index contributed by atoms with van der Waals surface area (Å²) < 4.78 is 4.93. The molecule has 5 heteroatoms. The lowest BCUT2D eigenvalue weighted by molar-refractivity contribution is 0.874. The molecule has 0 bridgehead atoms. The standard InChI is InChI=1S/C17H17N3OS/c1-3-22-19-13-6-4-5-12(9-13)16-11-20(2)17(21)14-7-8-18-10-15(14)16/h4-11,19H,3H2,1-2H3. The summed E-state index contributed by atoms with van der Waals surface area (Å²) in [5.41, 5.74) is 3.12. The van der Waals surface area contributed by atoms with Crippen LogP contribution in [-0.4, -0.2) is 15.3 Å². The van der Waals surface area contributed by atoms with E-state index in [1.54, 1.807) is 42.0 Å². The molecule has 0 radical (unpaired) electrons. The second-order valence-corrected chi connectivity index (χ2v) is 6.07. The van der Waals surface area contributed by atoms with Gasteiger partial charge in [-0.25, -0.2) is 0 Å². The van der Waals surface area contributed by atoms with Crippen molar-refractivity contribution >= 4 is 28.4 Å². The maximum absolute atomic E-state index is 12.2. The van der Waals surface area contributed by atoms with Crippen molar-refractivity contribution in [2.24, 2.45) is 7.05 Å². The van der Waals surface area contributed by atoms with Crippen LogP contribution in [0.1, 0.15) is 6.92 Å². The fourth-order valence-corrected chi connectivity index (χ4v) is 2.88. The lowest BCUT2D eigenvalue weighted by Gasteiger charge is -2.11. The highest BCUT2D eigenvalue weighted by Gasteiger charge is 2.09. The van der Waals surface area contributed by atoms with E-state index < -0.39 is 0 Å². The zero-order chi connectivity index (χ0) is 15.5. The molecule has 0 aliphatic carbocycles. The molecule has 0 saturated carbocycles. The number of nitrogens with one attached hydrogen (secondary N) is 1. The predicted octanol–water partition coefficient (Wildman–Crippen LogP) is 3.68. The van der Waals surface area contributed by atoms with E-state index in [-0.39, 0.29) is 5.56 Å². The molecule has 22 heavy (non-hydrogen) atoms. The number of benzene rings is 1. The third-order valence-corrected chi connectivity index (χ3v) is 4.16. The summed E-state index contributed by atoms with van der Waals surface area (Å²) in [4.78, 5) is 16.4. The molecule has 0 fully saturated rings. The minimum absolute atomic E-state index is 0.00281. The van der Waals surface area contributed by atoms with E-state index in [2.05, 4.69) is 22.7 Å². The van der Waals surface area contributed by atoms with Gasteiger partial charge in [0.2, 0.25) is 0 Å². The molecule has 1 aromatic carbocycles. The average molecular weight is 311 g/mol. The van der Waals surface area contributed by atoms with Crippen molar-refractivity contribution in [3.8, 4) is 11.1 Å². The Bertz CT molecular complexity index is 873. The van der Waals surface area contributed by atoms with Gasteiger partial charge in [-0.05, 0) is 23.8 Å². The van der Waals surface area contributed by atoms with Crippen molar-refractivity contribution in [1.82, 2.24) is 9.55 Å². The number of hydrogen-bond acceptors (Lipinski definition) is 4. The maximum Gasteiger partial charge on any atom is 0.258 e. The number of anilines is 1. The number of rotatable bonds is 4. The Morgan fingerprint density at radius 3 is 2.95 bits per heavy atom. The normalized spacial score (nSPS) is 10.8. The van der Waals surface area contributed by atoms with E-state index in [1.165, 1.54) is 0 Å². The summed E-state index contributed by atoms with van der Waals surface area (Å²) in [6, 6.07) is 9.97. The SMILES string of the molecule is CCSNc1cccc(-c2cn(C)c(=O)c3ccncc23)c1. The van der Waals surface area contributed by atoms with Crippen LogP contribution in [0.3, 0.4) is 0 Å². The molecule has 2 heterocycles. The van der Waals surface area contributed by atoms with Gasteiger partial charge in [0.25, 0.3) is 5.56 Å². The quantitative estimate of drug-likeness (QED) is 0.747. The number of hydrogen-bond donors (Lipinski definition) is 1. The van der Waals surface area contributed by atoms with Crippen molar-refractivity contribution < 1.29 is 0 Å². The first-order valence-electron chi connectivity index (χ1n) is 7.12. The molecule has 3 rings (SSSR count). The summed E-state index contributed by atoms with van der Waals surface area (Å²) in [6.45, 7) is 2.10. The Morgan fingerprint density at radius 1 is 1.27 bits per heavy atom. The zero-order valence-electron chi connectivity index (χ0n) is 12.5. The molecular weight excluding hydrogens is 294 g/mol. The Balaban J connectivity index is 2.18. The van der Waals surface area contributed by atoms with Gasteiger partial charge in [-0.1, -0.05) is 31.0 Å². The fraction of sp³-hybridized carbons (Fsp3) is 0.176. The summed E-state index contributed by atoms with van der Waals surface area (Å²) in [7, 11) is 1.78. The highest BCUT2D eigenvalue weighted by atomic mass is 32.2. The van der Waals surface area contributed by atoms with Crippen LogP contribution in [0.25, 0.3) is 21.9 Å². The molecule has 0 aliphatic heterocycles. The molecule has 2 aromatic heterocycles. The maximum atomic E-state index is 12.2. The number of aryl methyl sites for hydroxylation is 1. The highest BCUT2D eigenvalue weighted by molar-refractivity contribution is 8.00. The average Bonchev–Trinajstić information content (AvgIpc) is 2.56. The minimum Gasteiger partial charge on any atom is -0.330 e. The Hall–Kier alpha value is -2.27. The van der Waals surface area contributed by atoms with E-state index in [9.17, 15) is 4.79 Å². The second kappa shape index (κ2) is 6.23. The number of pyridine rings is 2. The molecular formula is C17H17N3OS. The largest absolute Gasteiger partial charge is 0.330 e. The van der Waals surface area contributed by atoms with Crippen molar-refractivity contribution in [3.05, 3.63) is 59.3 Å². The predicted molar refractivity (Wildman–Crippen MR) is 94.2 cm³/mol. The van der Waals surface area contributed by atoms with E-state index >= 15 is 0 Å². The van der Waals surface area contributed by atoms with Gasteiger partial charge in [-0.2, -0.15) is 0 Å². The Labute approximate surface area is 133 Å². The first-order valence-corrected chi connectivity index (χ1v) is 8.11. The van der Waals surface area contributed by atoms with Crippen LogP contribution >= 0.6 is 11.9 Å². The monoisotopic (exact) mass is 311 g/mol. The molecule has 0 spiro atoms. The van der Waals surface area contributed by atoms with Crippen LogP contribution in [0, 0.1) is 0 Å². The van der Waals surface area contributed by atoms with Crippen LogP contribution in [0.2, 0.25) is 0 Å². The van der Waals surface area contributed by atoms with Crippen molar-refractivity contribution in [2.75, 3.05) is 10.5 Å². The lowest BCUT2D eigenvalue weighted by atomic mass is 10.0. The van der Waals surface area contributed by atoms with Gasteiger partial charge in [0.05, 0.1) is 5.39 Å². The van der Waals surface area contributed by atoms with Gasteiger partial charge in [-0.15, -0.1) is 0 Å². The van der Waals surface area contributed by atoms with Gasteiger partial charge in [0, 0.05) is 48.0 Å². The number of nitrogens with zero attached hydrogens (tertiary/aromatic N) is 2. The molecule has 4 nitrogen and oxygen atoms in total. The van der Waals surface area contributed by atoms with Crippen molar-refractivity contribution in [3.63, 3.8) is 0 Å². The summed E-state index contributed by atoms with van der Waals surface area (Å²) in [6.07, 6.45) is 5.29. The Morgan fingerprint density at radius 2 is 2.14 bits per heavy atom. The van der Waals surface area contributed by atoms with Crippen molar-refractivity contribution in [1.29, 1.82) is 0 Å². The van der Waals surface area contributed by atoms with E-state index in [0.29, 0.717) is 5.39 Å². The molecule has 3 aromatic rings. The lowest BCUT2D eigenvalue weighted by Crippen LogP contribution is -2.16. The number of aromatic nitrogens is 2. The van der Waals surface area contributed by atoms with Gasteiger partial charge >= 0.3 is 0 Å². The first kappa shape index (κ1) is 14.7. The molecule has 0 unspecified atom stereocenters. The van der Waals surface area contributed by atoms with Gasteiger partial charge in [0.1, 0.15) is 0 Å². The molecule has 0 saturated heterocycles. The topological polar surface area (TPSA) is 46.9 Å². The Kier molecular flexibility index (Phi) is 4.15. The minimum atomic E-state index is -0.00281. The highest BCUT2D eigenvalue weighted by Crippen LogP contribution is 2.28. The molecule has 0 amide bonds. The van der Waals surface area contributed by atoms with Crippen LogP contribution in [0.15, 0.2) is 53.7 Å². The summed E-state index contributed by atoms with van der Waals surface area (Å²) in [5.74, 6) is 0.997.